The summed E-state index contributed by atoms with van der Waals surface area (Å²) in [6, 6.07) is 1.78. The first-order chi connectivity index (χ1) is 9.92. The van der Waals surface area contributed by atoms with Crippen molar-refractivity contribution in [1.82, 2.24) is 10.3 Å². The molecular formula is C15H17F3N2S. The molecule has 0 spiro atoms. The molecule has 2 aromatic rings. The molecule has 0 amide bonds. The third kappa shape index (κ3) is 3.63. The van der Waals surface area contributed by atoms with Crippen LogP contribution in [0, 0.1) is 31.3 Å². The Morgan fingerprint density at radius 1 is 1.19 bits per heavy atom. The summed E-state index contributed by atoms with van der Waals surface area (Å²) in [5.41, 5.74) is 1.35. The summed E-state index contributed by atoms with van der Waals surface area (Å²) in [7, 11) is 0. The quantitative estimate of drug-likeness (QED) is 0.842. The van der Waals surface area contributed by atoms with Gasteiger partial charge in [0.2, 0.25) is 0 Å². The lowest BCUT2D eigenvalue weighted by molar-refractivity contribution is 0.439. The second-order valence-corrected chi connectivity index (χ2v) is 6.15. The second-order valence-electron chi connectivity index (χ2n) is 4.86. The molecule has 1 unspecified atom stereocenters. The highest BCUT2D eigenvalue weighted by Crippen LogP contribution is 2.25. The Labute approximate surface area is 126 Å². The molecule has 1 aromatic carbocycles. The molecule has 2 nitrogen and oxygen atoms in total. The summed E-state index contributed by atoms with van der Waals surface area (Å²) in [4.78, 5) is 5.56. The Morgan fingerprint density at radius 2 is 1.81 bits per heavy atom. The van der Waals surface area contributed by atoms with Crippen molar-refractivity contribution < 1.29 is 13.2 Å². The van der Waals surface area contributed by atoms with Gasteiger partial charge in [0, 0.05) is 17.3 Å². The fourth-order valence-corrected chi connectivity index (χ4v) is 3.11. The van der Waals surface area contributed by atoms with Crippen molar-refractivity contribution in [2.24, 2.45) is 0 Å². The van der Waals surface area contributed by atoms with Gasteiger partial charge >= 0.3 is 0 Å². The maximum atomic E-state index is 13.4. The average molecular weight is 314 g/mol. The molecule has 2 rings (SSSR count). The fourth-order valence-electron chi connectivity index (χ4n) is 2.13. The van der Waals surface area contributed by atoms with Crippen LogP contribution in [-0.2, 0) is 6.42 Å². The lowest BCUT2D eigenvalue weighted by atomic mass is 10.0. The largest absolute Gasteiger partial charge is 0.310 e. The van der Waals surface area contributed by atoms with Crippen LogP contribution in [0.4, 0.5) is 13.2 Å². The highest BCUT2D eigenvalue weighted by Gasteiger charge is 2.19. The predicted octanol–water partition coefficient (Wildman–Crippen LogP) is 4.07. The molecule has 0 saturated carbocycles. The molecule has 114 valence electrons. The van der Waals surface area contributed by atoms with Crippen molar-refractivity contribution in [2.45, 2.75) is 33.2 Å². The SMILES string of the molecule is CCNC(Cc1nc(C)c(C)s1)c1cc(F)c(F)c(F)c1. The second kappa shape index (κ2) is 6.58. The number of nitrogens with zero attached hydrogens (tertiary/aromatic N) is 1. The standard InChI is InChI=1S/C15H17F3N2S/c1-4-19-13(7-14-20-8(2)9(3)21-14)10-5-11(16)15(18)12(17)6-10/h5-6,13,19H,4,7H2,1-3H3. The van der Waals surface area contributed by atoms with Gasteiger partial charge in [0.15, 0.2) is 17.5 Å². The van der Waals surface area contributed by atoms with E-state index in [0.717, 1.165) is 27.7 Å². The molecule has 1 N–H and O–H groups in total. The maximum Gasteiger partial charge on any atom is 0.194 e. The molecule has 0 aliphatic heterocycles. The summed E-state index contributed by atoms with van der Waals surface area (Å²) in [6.45, 7) is 6.45. The van der Waals surface area contributed by atoms with Gasteiger partial charge in [-0.2, -0.15) is 0 Å². The van der Waals surface area contributed by atoms with Gasteiger partial charge in [0.25, 0.3) is 0 Å². The minimum Gasteiger partial charge on any atom is -0.310 e. The number of hydrogen-bond donors (Lipinski definition) is 1. The van der Waals surface area contributed by atoms with Gasteiger partial charge in [-0.05, 0) is 38.1 Å². The van der Waals surface area contributed by atoms with Crippen LogP contribution in [0.1, 0.15) is 34.1 Å². The predicted molar refractivity (Wildman–Crippen MR) is 78.0 cm³/mol. The maximum absolute atomic E-state index is 13.4. The summed E-state index contributed by atoms with van der Waals surface area (Å²) >= 11 is 1.56. The number of aryl methyl sites for hydroxylation is 2. The number of thiazole rings is 1. The lowest BCUT2D eigenvalue weighted by Crippen LogP contribution is -2.23. The number of hydrogen-bond acceptors (Lipinski definition) is 3. The Hall–Kier alpha value is -1.40. The molecule has 0 bridgehead atoms. The van der Waals surface area contributed by atoms with E-state index in [-0.39, 0.29) is 6.04 Å². The van der Waals surface area contributed by atoms with Crippen molar-refractivity contribution in [3.63, 3.8) is 0 Å². The van der Waals surface area contributed by atoms with Gasteiger partial charge in [-0.1, -0.05) is 6.92 Å². The molecule has 1 aromatic heterocycles. The summed E-state index contributed by atoms with van der Waals surface area (Å²) in [5.74, 6) is -3.77. The van der Waals surface area contributed by atoms with Crippen LogP contribution >= 0.6 is 11.3 Å². The molecule has 6 heteroatoms. The Morgan fingerprint density at radius 3 is 2.29 bits per heavy atom. The van der Waals surface area contributed by atoms with E-state index in [1.54, 1.807) is 11.3 Å². The molecule has 0 radical (unpaired) electrons. The number of aromatic nitrogens is 1. The average Bonchev–Trinajstić information content (AvgIpc) is 2.73. The highest BCUT2D eigenvalue weighted by molar-refractivity contribution is 7.11. The van der Waals surface area contributed by atoms with Crippen LogP contribution in [0.5, 0.6) is 0 Å². The zero-order chi connectivity index (χ0) is 15.6. The van der Waals surface area contributed by atoms with Crippen LogP contribution in [-0.4, -0.2) is 11.5 Å². The molecule has 1 heterocycles. The summed E-state index contributed by atoms with van der Waals surface area (Å²) in [5, 5.41) is 4.05. The van der Waals surface area contributed by atoms with Crippen molar-refractivity contribution >= 4 is 11.3 Å². The molecule has 0 saturated heterocycles. The van der Waals surface area contributed by atoms with E-state index in [9.17, 15) is 13.2 Å². The first-order valence-electron chi connectivity index (χ1n) is 6.73. The first kappa shape index (κ1) is 16.0. The Balaban J connectivity index is 2.30. The van der Waals surface area contributed by atoms with Crippen molar-refractivity contribution in [3.8, 4) is 0 Å². The van der Waals surface area contributed by atoms with Gasteiger partial charge in [0.05, 0.1) is 10.7 Å². The van der Waals surface area contributed by atoms with Crippen LogP contribution < -0.4 is 5.32 Å². The highest BCUT2D eigenvalue weighted by atomic mass is 32.1. The monoisotopic (exact) mass is 314 g/mol. The first-order valence-corrected chi connectivity index (χ1v) is 7.54. The number of benzene rings is 1. The molecule has 0 fully saturated rings. The Bertz CT molecular complexity index is 597. The normalized spacial score (nSPS) is 12.7. The topological polar surface area (TPSA) is 24.9 Å². The minimum absolute atomic E-state index is 0.301. The van der Waals surface area contributed by atoms with Crippen LogP contribution in [0.15, 0.2) is 12.1 Å². The number of likely N-dealkylation sites (N-methyl/N-ethyl adjacent to an activating group) is 1. The van der Waals surface area contributed by atoms with Crippen LogP contribution in [0.2, 0.25) is 0 Å². The smallest absolute Gasteiger partial charge is 0.194 e. The number of halogens is 3. The van der Waals surface area contributed by atoms with E-state index in [4.69, 9.17) is 0 Å². The molecule has 0 aliphatic rings. The van der Waals surface area contributed by atoms with Gasteiger partial charge < -0.3 is 5.32 Å². The summed E-state index contributed by atoms with van der Waals surface area (Å²) < 4.78 is 39.8. The summed E-state index contributed by atoms with van der Waals surface area (Å²) in [6.07, 6.45) is 0.512. The van der Waals surface area contributed by atoms with E-state index in [2.05, 4.69) is 10.3 Å². The molecular weight excluding hydrogens is 297 g/mol. The van der Waals surface area contributed by atoms with E-state index in [1.165, 1.54) is 0 Å². The van der Waals surface area contributed by atoms with Crippen LogP contribution in [0.25, 0.3) is 0 Å². The van der Waals surface area contributed by atoms with Gasteiger partial charge in [0.1, 0.15) is 0 Å². The fraction of sp³-hybridized carbons (Fsp3) is 0.400. The van der Waals surface area contributed by atoms with Gasteiger partial charge in [-0.25, -0.2) is 18.2 Å². The van der Waals surface area contributed by atoms with Crippen LogP contribution in [0.3, 0.4) is 0 Å². The third-order valence-electron chi connectivity index (χ3n) is 3.31. The van der Waals surface area contributed by atoms with E-state index >= 15 is 0 Å². The van der Waals surface area contributed by atoms with Crippen molar-refractivity contribution in [1.29, 1.82) is 0 Å². The molecule has 0 aliphatic carbocycles. The number of rotatable bonds is 5. The molecule has 1 atom stereocenters. The Kier molecular flexibility index (Phi) is 5.00. The zero-order valence-electron chi connectivity index (χ0n) is 12.1. The van der Waals surface area contributed by atoms with E-state index < -0.39 is 17.5 Å². The van der Waals surface area contributed by atoms with Crippen molar-refractivity contribution in [2.75, 3.05) is 6.54 Å². The van der Waals surface area contributed by atoms with E-state index in [0.29, 0.717) is 18.5 Å². The third-order valence-corrected chi connectivity index (χ3v) is 4.41. The zero-order valence-corrected chi connectivity index (χ0v) is 13.0. The van der Waals surface area contributed by atoms with Crippen molar-refractivity contribution in [3.05, 3.63) is 50.7 Å². The lowest BCUT2D eigenvalue weighted by Gasteiger charge is -2.17. The van der Waals surface area contributed by atoms with Gasteiger partial charge in [-0.15, -0.1) is 11.3 Å². The van der Waals surface area contributed by atoms with Gasteiger partial charge in [-0.3, -0.25) is 0 Å². The molecule has 21 heavy (non-hydrogen) atoms. The van der Waals surface area contributed by atoms with E-state index in [1.807, 2.05) is 20.8 Å². The minimum atomic E-state index is -1.44. The number of nitrogens with one attached hydrogen (secondary N) is 1.